The van der Waals surface area contributed by atoms with Gasteiger partial charge < -0.3 is 14.4 Å². The summed E-state index contributed by atoms with van der Waals surface area (Å²) in [6.07, 6.45) is 4.20. The van der Waals surface area contributed by atoms with Gasteiger partial charge in [0, 0.05) is 24.2 Å². The maximum Gasteiger partial charge on any atom is 0.240 e. The minimum absolute atomic E-state index is 0.0501. The number of benzene rings is 2. The zero-order valence-corrected chi connectivity index (χ0v) is 19.6. The molecule has 1 aliphatic heterocycles. The zero-order valence-electron chi connectivity index (χ0n) is 18.8. The Morgan fingerprint density at radius 2 is 1.84 bits per heavy atom. The highest BCUT2D eigenvalue weighted by Gasteiger charge is 2.37. The highest BCUT2D eigenvalue weighted by molar-refractivity contribution is 7.89. The van der Waals surface area contributed by atoms with Gasteiger partial charge in [-0.25, -0.2) is 13.1 Å². The number of methoxy groups -OCH3 is 2. The number of ether oxygens (including phenoxy) is 2. The van der Waals surface area contributed by atoms with E-state index in [9.17, 15) is 13.2 Å². The van der Waals surface area contributed by atoms with Crippen LogP contribution in [0.1, 0.15) is 37.3 Å². The highest BCUT2D eigenvalue weighted by Crippen LogP contribution is 2.38. The maximum absolute atomic E-state index is 12.9. The molecule has 0 radical (unpaired) electrons. The number of sulfonamides is 1. The highest BCUT2D eigenvalue weighted by atomic mass is 32.2. The second kappa shape index (κ2) is 9.11. The molecule has 0 saturated heterocycles. The number of nitrogens with one attached hydrogen (secondary N) is 1. The molecule has 1 heterocycles. The molecule has 7 nitrogen and oxygen atoms in total. The van der Waals surface area contributed by atoms with E-state index in [0.717, 1.165) is 36.1 Å². The molecular formula is C24H30N2O5S. The fourth-order valence-electron chi connectivity index (χ4n) is 4.41. The molecule has 1 aliphatic carbocycles. The summed E-state index contributed by atoms with van der Waals surface area (Å²) >= 11 is 0. The molecular weight excluding hydrogens is 428 g/mol. The van der Waals surface area contributed by atoms with E-state index in [1.165, 1.54) is 0 Å². The molecule has 2 aliphatic rings. The summed E-state index contributed by atoms with van der Waals surface area (Å²) in [5, 5.41) is 0. The average Bonchev–Trinajstić information content (AvgIpc) is 3.07. The Morgan fingerprint density at radius 1 is 1.09 bits per heavy atom. The van der Waals surface area contributed by atoms with E-state index in [1.54, 1.807) is 38.5 Å². The zero-order chi connectivity index (χ0) is 22.9. The van der Waals surface area contributed by atoms with Crippen molar-refractivity contribution in [3.63, 3.8) is 0 Å². The molecule has 32 heavy (non-hydrogen) atoms. The Hall–Kier alpha value is -2.58. The molecule has 1 amide bonds. The first-order chi connectivity index (χ1) is 15.3. The molecule has 1 N–H and O–H groups in total. The van der Waals surface area contributed by atoms with E-state index in [0.29, 0.717) is 24.3 Å². The summed E-state index contributed by atoms with van der Waals surface area (Å²) in [5.74, 6) is 1.53. The van der Waals surface area contributed by atoms with Gasteiger partial charge >= 0.3 is 0 Å². The predicted molar refractivity (Wildman–Crippen MR) is 123 cm³/mol. The van der Waals surface area contributed by atoms with Crippen LogP contribution in [0.15, 0.2) is 41.3 Å². The number of fused-ring (bicyclic) bond motifs is 1. The number of nitrogens with zero attached hydrogens (tertiary/aromatic N) is 1. The van der Waals surface area contributed by atoms with Crippen molar-refractivity contribution in [2.45, 2.75) is 50.0 Å². The van der Waals surface area contributed by atoms with Crippen molar-refractivity contribution in [2.24, 2.45) is 5.92 Å². The van der Waals surface area contributed by atoms with Gasteiger partial charge in [0.15, 0.2) is 11.5 Å². The van der Waals surface area contributed by atoms with E-state index >= 15 is 0 Å². The van der Waals surface area contributed by atoms with Crippen LogP contribution in [-0.2, 0) is 27.7 Å². The maximum atomic E-state index is 12.9. The topological polar surface area (TPSA) is 84.9 Å². The third kappa shape index (κ3) is 4.34. The van der Waals surface area contributed by atoms with Gasteiger partial charge in [0.2, 0.25) is 15.9 Å². The third-order valence-electron chi connectivity index (χ3n) is 6.42. The third-order valence-corrected chi connectivity index (χ3v) is 7.88. The summed E-state index contributed by atoms with van der Waals surface area (Å²) in [6.45, 7) is 2.28. The van der Waals surface area contributed by atoms with Gasteiger partial charge in [-0.15, -0.1) is 0 Å². The lowest BCUT2D eigenvalue weighted by Gasteiger charge is -2.32. The van der Waals surface area contributed by atoms with Gasteiger partial charge in [-0.2, -0.15) is 0 Å². The molecule has 172 valence electrons. The largest absolute Gasteiger partial charge is 0.493 e. The summed E-state index contributed by atoms with van der Waals surface area (Å²) in [4.78, 5) is 14.9. The van der Waals surface area contributed by atoms with Crippen molar-refractivity contribution in [2.75, 3.05) is 25.7 Å². The average molecular weight is 459 g/mol. The molecule has 2 aromatic rings. The molecule has 1 fully saturated rings. The number of carbonyl (C=O) groups is 1. The monoisotopic (exact) mass is 458 g/mol. The van der Waals surface area contributed by atoms with Gasteiger partial charge in [0.1, 0.15) is 0 Å². The second-order valence-corrected chi connectivity index (χ2v) is 10.3. The molecule has 8 heteroatoms. The Labute approximate surface area is 189 Å². The number of carbonyl (C=O) groups excluding carboxylic acids is 1. The Morgan fingerprint density at radius 3 is 2.50 bits per heavy atom. The minimum atomic E-state index is -3.65. The molecule has 1 saturated carbocycles. The van der Waals surface area contributed by atoms with E-state index in [4.69, 9.17) is 9.47 Å². The van der Waals surface area contributed by atoms with E-state index in [2.05, 4.69) is 4.72 Å². The van der Waals surface area contributed by atoms with Crippen LogP contribution in [-0.4, -0.2) is 41.1 Å². The van der Waals surface area contributed by atoms with Crippen LogP contribution in [0, 0.1) is 5.92 Å². The normalized spacial score (nSPS) is 18.2. The summed E-state index contributed by atoms with van der Waals surface area (Å²) in [6, 6.07) is 10.7. The van der Waals surface area contributed by atoms with Crippen molar-refractivity contribution < 1.29 is 22.7 Å². The Kier molecular flexibility index (Phi) is 6.44. The van der Waals surface area contributed by atoms with E-state index in [-0.39, 0.29) is 29.3 Å². The number of hydrogen-bond donors (Lipinski definition) is 1. The van der Waals surface area contributed by atoms with Gasteiger partial charge in [0.05, 0.1) is 19.1 Å². The van der Waals surface area contributed by atoms with Crippen LogP contribution < -0.4 is 19.1 Å². The quantitative estimate of drug-likeness (QED) is 0.656. The molecule has 0 bridgehead atoms. The Balaban J connectivity index is 1.43. The number of anilines is 1. The lowest BCUT2D eigenvalue weighted by molar-refractivity contribution is -0.125. The lowest BCUT2D eigenvalue weighted by Crippen LogP contribution is -2.42. The smallest absolute Gasteiger partial charge is 0.240 e. The van der Waals surface area contributed by atoms with Crippen LogP contribution in [0.25, 0.3) is 0 Å². The van der Waals surface area contributed by atoms with Gasteiger partial charge in [-0.3, -0.25) is 4.79 Å². The van der Waals surface area contributed by atoms with Crippen LogP contribution in [0.3, 0.4) is 0 Å². The van der Waals surface area contributed by atoms with Crippen LogP contribution in [0.4, 0.5) is 5.69 Å². The first kappa shape index (κ1) is 22.6. The van der Waals surface area contributed by atoms with Crippen molar-refractivity contribution in [1.82, 2.24) is 4.72 Å². The molecule has 0 aromatic heterocycles. The first-order valence-corrected chi connectivity index (χ1v) is 12.5. The summed E-state index contributed by atoms with van der Waals surface area (Å²) in [5.41, 5.74) is 2.70. The summed E-state index contributed by atoms with van der Waals surface area (Å²) < 4.78 is 39.0. The molecule has 0 spiro atoms. The Bertz CT molecular complexity index is 1110. The van der Waals surface area contributed by atoms with Gasteiger partial charge in [-0.05, 0) is 74.1 Å². The molecule has 2 aromatic carbocycles. The minimum Gasteiger partial charge on any atom is -0.493 e. The van der Waals surface area contributed by atoms with Crippen LogP contribution in [0.2, 0.25) is 0 Å². The van der Waals surface area contributed by atoms with Crippen molar-refractivity contribution in [3.8, 4) is 11.5 Å². The van der Waals surface area contributed by atoms with Crippen molar-refractivity contribution in [3.05, 3.63) is 47.5 Å². The second-order valence-electron chi connectivity index (χ2n) is 8.52. The SMILES string of the molecule is COc1ccc(CCNS(=O)(=O)c2ccc3c(c2)C[C@H](C)N3C(=O)C2CCC2)cc1OC. The predicted octanol–water partition coefficient (Wildman–Crippen LogP) is 3.30. The van der Waals surface area contributed by atoms with Crippen LogP contribution in [0.5, 0.6) is 11.5 Å². The molecule has 0 unspecified atom stereocenters. The van der Waals surface area contributed by atoms with Gasteiger partial charge in [-0.1, -0.05) is 12.5 Å². The number of rotatable bonds is 8. The first-order valence-electron chi connectivity index (χ1n) is 11.0. The number of amides is 1. The molecule has 4 rings (SSSR count). The van der Waals surface area contributed by atoms with Crippen molar-refractivity contribution >= 4 is 21.6 Å². The molecule has 1 atom stereocenters. The standard InChI is InChI=1S/C24H30N2O5S/c1-16-13-19-15-20(8-9-21(19)26(16)24(27)18-5-4-6-18)32(28,29)25-12-11-17-7-10-22(30-2)23(14-17)31-3/h7-10,14-16,18,25H,4-6,11-13H2,1-3H3/t16-/m0/s1. The summed E-state index contributed by atoms with van der Waals surface area (Å²) in [7, 11) is -0.511. The van der Waals surface area contributed by atoms with Crippen molar-refractivity contribution in [1.29, 1.82) is 0 Å². The number of hydrogen-bond acceptors (Lipinski definition) is 5. The van der Waals surface area contributed by atoms with Crippen LogP contribution >= 0.6 is 0 Å². The van der Waals surface area contributed by atoms with Gasteiger partial charge in [0.25, 0.3) is 0 Å². The lowest BCUT2D eigenvalue weighted by atomic mass is 9.84. The fraction of sp³-hybridized carbons (Fsp3) is 0.458. The van der Waals surface area contributed by atoms with E-state index < -0.39 is 10.0 Å². The van der Waals surface area contributed by atoms with E-state index in [1.807, 2.05) is 24.0 Å². The fourth-order valence-corrected chi connectivity index (χ4v) is 5.49.